The van der Waals surface area contributed by atoms with Crippen LogP contribution in [0.5, 0.6) is 5.75 Å². The van der Waals surface area contributed by atoms with Crippen molar-refractivity contribution in [1.29, 1.82) is 0 Å². The Hall–Kier alpha value is -2.87. The fourth-order valence-corrected chi connectivity index (χ4v) is 3.52. The lowest BCUT2D eigenvalue weighted by atomic mass is 9.89. The number of anilines is 1. The second-order valence-corrected chi connectivity index (χ2v) is 7.14. The van der Waals surface area contributed by atoms with E-state index in [0.29, 0.717) is 31.3 Å². The van der Waals surface area contributed by atoms with Crippen LogP contribution in [0.1, 0.15) is 24.0 Å². The van der Waals surface area contributed by atoms with Gasteiger partial charge in [-0.3, -0.25) is 0 Å². The number of nitrogens with one attached hydrogen (secondary N) is 1. The molecule has 0 saturated heterocycles. The van der Waals surface area contributed by atoms with Gasteiger partial charge in [0.05, 0.1) is 5.56 Å². The first-order chi connectivity index (χ1) is 13.8. The molecule has 1 heterocycles. The molecule has 4 nitrogen and oxygen atoms in total. The number of nitrogens with zero attached hydrogens (tertiary/aromatic N) is 1. The van der Waals surface area contributed by atoms with Crippen LogP contribution in [0.3, 0.4) is 0 Å². The van der Waals surface area contributed by atoms with Crippen molar-refractivity contribution in [3.8, 4) is 5.75 Å². The van der Waals surface area contributed by atoms with Crippen LogP contribution in [0.25, 0.3) is 10.8 Å². The molecule has 0 aliphatic heterocycles. The molecule has 3 N–H and O–H groups in total. The quantitative estimate of drug-likeness (QED) is 0.606. The summed E-state index contributed by atoms with van der Waals surface area (Å²) in [4.78, 5) is 4.09. The third-order valence-electron chi connectivity index (χ3n) is 5.15. The molecular formula is C21H19F4N3O. The smallest absolute Gasteiger partial charge is 0.419 e. The molecule has 0 amide bonds. The summed E-state index contributed by atoms with van der Waals surface area (Å²) < 4.78 is 57.4. The number of aromatic nitrogens is 1. The van der Waals surface area contributed by atoms with Crippen molar-refractivity contribution in [3.63, 3.8) is 0 Å². The van der Waals surface area contributed by atoms with E-state index in [0.717, 1.165) is 22.4 Å². The normalized spacial score (nSPS) is 19.2. The molecule has 1 aliphatic rings. The van der Waals surface area contributed by atoms with Gasteiger partial charge < -0.3 is 15.8 Å². The second-order valence-electron chi connectivity index (χ2n) is 7.14. The number of nitrogens with two attached hydrogens (primary N) is 1. The minimum absolute atomic E-state index is 0.0270. The van der Waals surface area contributed by atoms with Crippen LogP contribution in [0.4, 0.5) is 23.4 Å². The van der Waals surface area contributed by atoms with E-state index in [4.69, 9.17) is 10.5 Å². The van der Waals surface area contributed by atoms with Gasteiger partial charge in [-0.25, -0.2) is 9.37 Å². The van der Waals surface area contributed by atoms with Crippen LogP contribution in [0.15, 0.2) is 48.7 Å². The number of ether oxygens (including phenoxy) is 1. The van der Waals surface area contributed by atoms with E-state index in [9.17, 15) is 17.6 Å². The Morgan fingerprint density at radius 2 is 1.90 bits per heavy atom. The average molecular weight is 405 g/mol. The molecule has 152 valence electrons. The summed E-state index contributed by atoms with van der Waals surface area (Å²) in [6.45, 7) is 0.632. The largest absolute Gasteiger partial charge is 0.490 e. The highest BCUT2D eigenvalue weighted by Gasteiger charge is 2.35. The van der Waals surface area contributed by atoms with Crippen molar-refractivity contribution in [2.45, 2.75) is 37.7 Å². The third kappa shape index (κ3) is 4.12. The van der Waals surface area contributed by atoms with Crippen LogP contribution < -0.4 is 15.8 Å². The highest BCUT2D eigenvalue weighted by Crippen LogP contribution is 2.35. The maximum atomic E-state index is 13.4. The van der Waals surface area contributed by atoms with Gasteiger partial charge >= 0.3 is 6.18 Å². The Labute approximate surface area is 164 Å². The third-order valence-corrected chi connectivity index (χ3v) is 5.15. The maximum absolute atomic E-state index is 13.4. The minimum atomic E-state index is -4.75. The topological polar surface area (TPSA) is 60.2 Å². The molecule has 0 radical (unpaired) electrons. The van der Waals surface area contributed by atoms with Gasteiger partial charge in [0.2, 0.25) is 0 Å². The summed E-state index contributed by atoms with van der Waals surface area (Å²) in [6, 6.07) is 10.7. The number of hydrogen-bond donors (Lipinski definition) is 2. The van der Waals surface area contributed by atoms with Gasteiger partial charge in [0.15, 0.2) is 0 Å². The average Bonchev–Trinajstić information content (AvgIpc) is 2.64. The van der Waals surface area contributed by atoms with E-state index < -0.39 is 17.6 Å². The molecule has 1 saturated carbocycles. The van der Waals surface area contributed by atoms with Crippen LogP contribution in [0, 0.1) is 5.82 Å². The molecule has 1 aromatic heterocycles. The molecule has 8 heteroatoms. The minimum Gasteiger partial charge on any atom is -0.490 e. The number of halogens is 4. The Morgan fingerprint density at radius 1 is 1.10 bits per heavy atom. The van der Waals surface area contributed by atoms with Crippen LogP contribution in [-0.4, -0.2) is 17.1 Å². The van der Waals surface area contributed by atoms with Gasteiger partial charge in [0.25, 0.3) is 0 Å². The Morgan fingerprint density at radius 3 is 2.66 bits per heavy atom. The summed E-state index contributed by atoms with van der Waals surface area (Å²) in [5.41, 5.74) is 5.70. The van der Waals surface area contributed by atoms with Crippen LogP contribution in [-0.2, 0) is 12.7 Å². The zero-order valence-electron chi connectivity index (χ0n) is 15.3. The molecule has 1 aliphatic carbocycles. The Bertz CT molecular complexity index is 1030. The van der Waals surface area contributed by atoms with Gasteiger partial charge in [-0.1, -0.05) is 18.2 Å². The number of fused-ring (bicyclic) bond motifs is 1. The summed E-state index contributed by atoms with van der Waals surface area (Å²) in [5, 5.41) is 5.36. The first-order valence-electron chi connectivity index (χ1n) is 9.20. The molecule has 1 fully saturated rings. The number of rotatable bonds is 5. The molecular weight excluding hydrogens is 386 g/mol. The Balaban J connectivity index is 1.33. The van der Waals surface area contributed by atoms with E-state index in [-0.39, 0.29) is 17.9 Å². The summed E-state index contributed by atoms with van der Waals surface area (Å²) in [5.74, 6) is -0.790. The van der Waals surface area contributed by atoms with E-state index in [1.807, 2.05) is 24.3 Å². The molecule has 3 aromatic rings. The molecule has 0 spiro atoms. The lowest BCUT2D eigenvalue weighted by Crippen LogP contribution is -2.46. The molecule has 0 atom stereocenters. The number of benzene rings is 2. The van der Waals surface area contributed by atoms with E-state index >= 15 is 0 Å². The summed E-state index contributed by atoms with van der Waals surface area (Å²) >= 11 is 0. The highest BCUT2D eigenvalue weighted by atomic mass is 19.4. The van der Waals surface area contributed by atoms with Gasteiger partial charge in [-0.15, -0.1) is 0 Å². The number of nitrogen functional groups attached to an aromatic ring is 1. The first kappa shape index (κ1) is 19.4. The first-order valence-corrected chi connectivity index (χ1v) is 9.20. The zero-order chi connectivity index (χ0) is 20.6. The predicted octanol–water partition coefficient (Wildman–Crippen LogP) is 4.67. The van der Waals surface area contributed by atoms with Crippen molar-refractivity contribution < 1.29 is 22.3 Å². The fraction of sp³-hybridized carbons (Fsp3) is 0.286. The lowest BCUT2D eigenvalue weighted by Gasteiger charge is -2.36. The van der Waals surface area contributed by atoms with Crippen LogP contribution >= 0.6 is 0 Å². The van der Waals surface area contributed by atoms with Gasteiger partial charge in [0.1, 0.15) is 23.5 Å². The molecule has 29 heavy (non-hydrogen) atoms. The zero-order valence-corrected chi connectivity index (χ0v) is 15.3. The van der Waals surface area contributed by atoms with E-state index in [1.165, 1.54) is 6.07 Å². The lowest BCUT2D eigenvalue weighted by molar-refractivity contribution is -0.140. The van der Waals surface area contributed by atoms with E-state index in [1.54, 1.807) is 6.20 Å². The van der Waals surface area contributed by atoms with Crippen molar-refractivity contribution in [2.24, 2.45) is 0 Å². The van der Waals surface area contributed by atoms with Crippen molar-refractivity contribution in [3.05, 3.63) is 65.6 Å². The van der Waals surface area contributed by atoms with Crippen molar-refractivity contribution >= 4 is 16.6 Å². The van der Waals surface area contributed by atoms with Crippen molar-refractivity contribution in [2.75, 3.05) is 5.73 Å². The van der Waals surface area contributed by atoms with E-state index in [2.05, 4.69) is 10.3 Å². The van der Waals surface area contributed by atoms with Crippen LogP contribution in [0.2, 0.25) is 0 Å². The SMILES string of the molecule is Nc1nccc2c(CNC3CC(Oc4ccc(F)c(C(F)(F)F)c4)C3)cccc12. The van der Waals surface area contributed by atoms with Gasteiger partial charge in [-0.05, 0) is 48.1 Å². The molecule has 4 rings (SSSR count). The number of alkyl halides is 3. The second kappa shape index (κ2) is 7.51. The fourth-order valence-electron chi connectivity index (χ4n) is 3.52. The monoisotopic (exact) mass is 405 g/mol. The number of pyridine rings is 1. The van der Waals surface area contributed by atoms with Gasteiger partial charge in [-0.2, -0.15) is 13.2 Å². The maximum Gasteiger partial charge on any atom is 0.419 e. The highest BCUT2D eigenvalue weighted by molar-refractivity contribution is 5.93. The molecule has 2 aromatic carbocycles. The molecule has 0 unspecified atom stereocenters. The van der Waals surface area contributed by atoms with Gasteiger partial charge in [0, 0.05) is 24.2 Å². The predicted molar refractivity (Wildman–Crippen MR) is 102 cm³/mol. The Kier molecular flexibility index (Phi) is 5.04. The summed E-state index contributed by atoms with van der Waals surface area (Å²) in [6.07, 6.45) is -1.96. The number of hydrogen-bond acceptors (Lipinski definition) is 4. The summed E-state index contributed by atoms with van der Waals surface area (Å²) in [7, 11) is 0. The van der Waals surface area contributed by atoms with Crippen molar-refractivity contribution in [1.82, 2.24) is 10.3 Å². The standard InChI is InChI=1S/C21H19F4N3O/c22-19-5-4-14(10-18(19)21(23,24)25)29-15-8-13(9-15)28-11-12-2-1-3-17-16(12)6-7-27-20(17)26/h1-7,10,13,15,28H,8-9,11H2,(H2,26,27). The molecule has 0 bridgehead atoms.